The third kappa shape index (κ3) is 3.87. The molecule has 2 aromatic rings. The van der Waals surface area contributed by atoms with Gasteiger partial charge in [0.1, 0.15) is 28.4 Å². The van der Waals surface area contributed by atoms with Gasteiger partial charge in [0.2, 0.25) is 10.0 Å². The molecule has 0 radical (unpaired) electrons. The summed E-state index contributed by atoms with van der Waals surface area (Å²) in [5.41, 5.74) is 0. The highest BCUT2D eigenvalue weighted by molar-refractivity contribution is 7.89. The van der Waals surface area contributed by atoms with Crippen molar-refractivity contribution in [3.05, 3.63) is 54.0 Å². The normalized spacial score (nSPS) is 13.3. The van der Waals surface area contributed by atoms with Crippen molar-refractivity contribution in [2.75, 3.05) is 6.54 Å². The van der Waals surface area contributed by atoms with Gasteiger partial charge < -0.3 is 9.52 Å². The number of hydrogen-bond acceptors (Lipinski definition) is 4. The summed E-state index contributed by atoms with van der Waals surface area (Å²) in [4.78, 5) is -0.642. The first-order chi connectivity index (χ1) is 9.90. The Kier molecular flexibility index (Phi) is 4.71. The van der Waals surface area contributed by atoms with Crippen molar-refractivity contribution >= 4 is 10.0 Å². The molecule has 8 heteroatoms. The number of benzene rings is 1. The van der Waals surface area contributed by atoms with Crippen LogP contribution in [0.15, 0.2) is 45.9 Å². The summed E-state index contributed by atoms with van der Waals surface area (Å²) >= 11 is 0. The van der Waals surface area contributed by atoms with E-state index in [9.17, 15) is 22.3 Å². The van der Waals surface area contributed by atoms with Crippen LogP contribution in [0, 0.1) is 11.6 Å². The van der Waals surface area contributed by atoms with Crippen molar-refractivity contribution in [2.24, 2.45) is 0 Å². The number of nitrogens with one attached hydrogen (secondary N) is 1. The van der Waals surface area contributed by atoms with E-state index in [0.29, 0.717) is 11.8 Å². The van der Waals surface area contributed by atoms with Crippen LogP contribution >= 0.6 is 0 Å². The molecule has 0 spiro atoms. The Bertz CT molecular complexity index is 701. The number of sulfonamides is 1. The lowest BCUT2D eigenvalue weighted by atomic mass is 10.2. The molecule has 5 nitrogen and oxygen atoms in total. The Morgan fingerprint density at radius 2 is 2.05 bits per heavy atom. The first kappa shape index (κ1) is 15.6. The second-order valence-corrected chi connectivity index (χ2v) is 6.03. The van der Waals surface area contributed by atoms with Crippen molar-refractivity contribution in [3.63, 3.8) is 0 Å². The van der Waals surface area contributed by atoms with Crippen molar-refractivity contribution in [1.82, 2.24) is 4.72 Å². The number of furan rings is 1. The molecule has 2 N–H and O–H groups in total. The third-order valence-electron chi connectivity index (χ3n) is 2.76. The monoisotopic (exact) mass is 317 g/mol. The quantitative estimate of drug-likeness (QED) is 0.853. The lowest BCUT2D eigenvalue weighted by Gasteiger charge is -2.10. The van der Waals surface area contributed by atoms with Gasteiger partial charge in [0.15, 0.2) is 0 Å². The summed E-state index contributed by atoms with van der Waals surface area (Å²) in [6.45, 7) is -0.124. The molecule has 0 saturated heterocycles. The van der Waals surface area contributed by atoms with Crippen molar-refractivity contribution in [2.45, 2.75) is 17.4 Å². The zero-order valence-corrected chi connectivity index (χ0v) is 11.6. The van der Waals surface area contributed by atoms with Gasteiger partial charge in [0, 0.05) is 12.6 Å². The summed E-state index contributed by atoms with van der Waals surface area (Å²) in [6, 6.07) is 5.34. The lowest BCUT2D eigenvalue weighted by molar-refractivity contribution is 0.141. The van der Waals surface area contributed by atoms with Crippen LogP contribution in [0.5, 0.6) is 0 Å². The van der Waals surface area contributed by atoms with E-state index in [2.05, 4.69) is 4.72 Å². The number of aliphatic hydroxyl groups is 1. The molecule has 0 fully saturated rings. The van der Waals surface area contributed by atoms with Crippen LogP contribution in [-0.2, 0) is 10.0 Å². The number of halogens is 2. The highest BCUT2D eigenvalue weighted by atomic mass is 32.2. The average molecular weight is 317 g/mol. The van der Waals surface area contributed by atoms with Gasteiger partial charge >= 0.3 is 0 Å². The maximum atomic E-state index is 13.4. The molecule has 1 heterocycles. The van der Waals surface area contributed by atoms with Gasteiger partial charge in [0.25, 0.3) is 0 Å². The molecular weight excluding hydrogens is 304 g/mol. The van der Waals surface area contributed by atoms with Crippen molar-refractivity contribution < 1.29 is 26.7 Å². The van der Waals surface area contributed by atoms with E-state index in [4.69, 9.17) is 4.42 Å². The number of rotatable bonds is 6. The van der Waals surface area contributed by atoms with Crippen LogP contribution in [0.1, 0.15) is 18.3 Å². The molecule has 114 valence electrons. The summed E-state index contributed by atoms with van der Waals surface area (Å²) in [5, 5.41) is 9.72. The third-order valence-corrected chi connectivity index (χ3v) is 4.26. The van der Waals surface area contributed by atoms with E-state index in [1.54, 1.807) is 12.1 Å². The van der Waals surface area contributed by atoms with E-state index in [1.807, 2.05) is 0 Å². The van der Waals surface area contributed by atoms with Gasteiger partial charge in [-0.05, 0) is 30.7 Å². The molecule has 2 rings (SSSR count). The summed E-state index contributed by atoms with van der Waals surface area (Å²) < 4.78 is 57.0. The minimum absolute atomic E-state index is 0.0511. The smallest absolute Gasteiger partial charge is 0.243 e. The molecule has 21 heavy (non-hydrogen) atoms. The summed E-state index contributed by atoms with van der Waals surface area (Å²) in [5.74, 6) is -1.73. The van der Waals surface area contributed by atoms with E-state index < -0.39 is 32.7 Å². The fourth-order valence-electron chi connectivity index (χ4n) is 1.72. The SMILES string of the molecule is O=S(=O)(NCCC(O)c1ccco1)c1ccc(F)cc1F. The molecule has 0 aliphatic carbocycles. The summed E-state index contributed by atoms with van der Waals surface area (Å²) in [7, 11) is -4.11. The first-order valence-corrected chi connectivity index (χ1v) is 7.54. The van der Waals surface area contributed by atoms with Crippen LogP contribution in [-0.4, -0.2) is 20.1 Å². The van der Waals surface area contributed by atoms with Crippen LogP contribution in [0.3, 0.4) is 0 Å². The van der Waals surface area contributed by atoms with Crippen molar-refractivity contribution in [1.29, 1.82) is 0 Å². The van der Waals surface area contributed by atoms with Crippen molar-refractivity contribution in [3.8, 4) is 0 Å². The fourth-order valence-corrected chi connectivity index (χ4v) is 2.83. The van der Waals surface area contributed by atoms with Crippen LogP contribution in [0.2, 0.25) is 0 Å². The highest BCUT2D eigenvalue weighted by Gasteiger charge is 2.20. The second kappa shape index (κ2) is 6.33. The molecule has 1 atom stereocenters. The molecule has 0 amide bonds. The minimum Gasteiger partial charge on any atom is -0.467 e. The maximum Gasteiger partial charge on any atom is 0.243 e. The molecule has 1 aromatic carbocycles. The predicted octanol–water partition coefficient (Wildman–Crippen LogP) is 1.96. The Morgan fingerprint density at radius 1 is 1.29 bits per heavy atom. The number of aliphatic hydroxyl groups excluding tert-OH is 1. The molecule has 0 aliphatic heterocycles. The Labute approximate surface area is 120 Å². The van der Waals surface area contributed by atoms with Crippen LogP contribution in [0.25, 0.3) is 0 Å². The minimum atomic E-state index is -4.11. The molecule has 1 aromatic heterocycles. The van der Waals surface area contributed by atoms with Gasteiger partial charge in [-0.3, -0.25) is 0 Å². The van der Waals surface area contributed by atoms with Gasteiger partial charge in [-0.2, -0.15) is 0 Å². The van der Waals surface area contributed by atoms with Gasteiger partial charge in [-0.1, -0.05) is 0 Å². The largest absolute Gasteiger partial charge is 0.467 e. The standard InChI is InChI=1S/C13H13F2NO4S/c14-9-3-4-13(10(15)8-9)21(18,19)16-6-5-11(17)12-2-1-7-20-12/h1-4,7-8,11,16-17H,5-6H2. The highest BCUT2D eigenvalue weighted by Crippen LogP contribution is 2.18. The van der Waals surface area contributed by atoms with E-state index in [0.717, 1.165) is 12.1 Å². The second-order valence-electron chi connectivity index (χ2n) is 4.29. The maximum absolute atomic E-state index is 13.4. The van der Waals surface area contributed by atoms with Crippen LogP contribution < -0.4 is 4.72 Å². The fraction of sp³-hybridized carbons (Fsp3) is 0.231. The van der Waals surface area contributed by atoms with Gasteiger partial charge in [0.05, 0.1) is 6.26 Å². The summed E-state index contributed by atoms with van der Waals surface area (Å²) in [6.07, 6.45) is 0.465. The topological polar surface area (TPSA) is 79.5 Å². The molecule has 0 aliphatic rings. The average Bonchev–Trinajstić information content (AvgIpc) is 2.91. The van der Waals surface area contributed by atoms with Crippen LogP contribution in [0.4, 0.5) is 8.78 Å². The van der Waals surface area contributed by atoms with E-state index >= 15 is 0 Å². The van der Waals surface area contributed by atoms with Gasteiger partial charge in [-0.15, -0.1) is 0 Å². The Balaban J connectivity index is 1.98. The zero-order chi connectivity index (χ0) is 15.5. The predicted molar refractivity (Wildman–Crippen MR) is 69.8 cm³/mol. The number of hydrogen-bond donors (Lipinski definition) is 2. The van der Waals surface area contributed by atoms with Gasteiger partial charge in [-0.25, -0.2) is 21.9 Å². The van der Waals surface area contributed by atoms with E-state index in [-0.39, 0.29) is 13.0 Å². The zero-order valence-electron chi connectivity index (χ0n) is 10.8. The van der Waals surface area contributed by atoms with E-state index in [1.165, 1.54) is 6.26 Å². The molecular formula is C13H13F2NO4S. The Hall–Kier alpha value is -1.77. The first-order valence-electron chi connectivity index (χ1n) is 6.06. The molecule has 1 unspecified atom stereocenters. The Morgan fingerprint density at radius 3 is 2.67 bits per heavy atom. The molecule has 0 saturated carbocycles. The lowest BCUT2D eigenvalue weighted by Crippen LogP contribution is -2.26. The molecule has 0 bridgehead atoms.